The molecule has 0 amide bonds. The third kappa shape index (κ3) is 6.26. The maximum Gasteiger partial charge on any atom is 0.308 e. The van der Waals surface area contributed by atoms with Crippen LogP contribution in [0.2, 0.25) is 0 Å². The molecule has 40 heavy (non-hydrogen) atoms. The Balaban J connectivity index is 1.77. The molecule has 0 aliphatic heterocycles. The lowest BCUT2D eigenvalue weighted by molar-refractivity contribution is -0.132. The lowest BCUT2D eigenvalue weighted by Crippen LogP contribution is -2.40. The molecule has 0 heterocycles. The Hall–Kier alpha value is -3.97. The lowest BCUT2D eigenvalue weighted by Gasteiger charge is -2.34. The number of aromatic hydroxyl groups is 1. The Morgan fingerprint density at radius 3 is 2.48 bits per heavy atom. The number of aryl methyl sites for hydroxylation is 1. The molecule has 2 aromatic carbocycles. The molecule has 0 aromatic heterocycles. The normalized spacial score (nSPS) is 21.5. The average molecular weight is 545 g/mol. The van der Waals surface area contributed by atoms with Crippen molar-refractivity contribution in [1.82, 2.24) is 0 Å². The predicted octanol–water partition coefficient (Wildman–Crippen LogP) is 5.98. The van der Waals surface area contributed by atoms with Crippen molar-refractivity contribution in [3.63, 3.8) is 0 Å². The highest BCUT2D eigenvalue weighted by molar-refractivity contribution is 5.98. The molecule has 0 saturated carbocycles. The van der Waals surface area contributed by atoms with Crippen molar-refractivity contribution in [3.8, 4) is 17.2 Å². The van der Waals surface area contributed by atoms with Crippen molar-refractivity contribution in [2.75, 3.05) is 0 Å². The summed E-state index contributed by atoms with van der Waals surface area (Å²) in [6.45, 7) is 4.51. The van der Waals surface area contributed by atoms with E-state index >= 15 is 0 Å². The van der Waals surface area contributed by atoms with Gasteiger partial charge < -0.3 is 19.7 Å². The van der Waals surface area contributed by atoms with Crippen LogP contribution in [-0.2, 0) is 20.8 Å². The molecule has 7 heteroatoms. The third-order valence-corrected chi connectivity index (χ3v) is 7.43. The van der Waals surface area contributed by atoms with E-state index < -0.39 is 35.1 Å². The molecule has 0 fully saturated rings. The summed E-state index contributed by atoms with van der Waals surface area (Å²) in [6.07, 6.45) is 13.4. The molecule has 7 nitrogen and oxygen atoms in total. The van der Waals surface area contributed by atoms with Gasteiger partial charge in [-0.3, -0.25) is 14.4 Å². The summed E-state index contributed by atoms with van der Waals surface area (Å²) < 4.78 is 10.7. The number of allylic oxidation sites excluding steroid dienone is 4. The summed E-state index contributed by atoms with van der Waals surface area (Å²) in [5.41, 5.74) is 1.41. The minimum absolute atomic E-state index is 0.144. The number of phenolic OH excluding ortho intramolecular Hbond substituents is 1. The molecular formula is C33H36O7. The summed E-state index contributed by atoms with van der Waals surface area (Å²) in [4.78, 5) is 37.2. The monoisotopic (exact) mass is 544 g/mol. The van der Waals surface area contributed by atoms with Gasteiger partial charge in [-0.15, -0.1) is 0 Å². The first-order valence-corrected chi connectivity index (χ1v) is 13.8. The largest absolute Gasteiger partial charge is 0.502 e. The van der Waals surface area contributed by atoms with Gasteiger partial charge in [0, 0.05) is 25.3 Å². The number of carbonyl (C=O) groups is 3. The molecule has 2 N–H and O–H groups in total. The molecule has 210 valence electrons. The molecule has 0 saturated heterocycles. The topological polar surface area (TPSA) is 110 Å². The van der Waals surface area contributed by atoms with Crippen LogP contribution in [0.4, 0.5) is 0 Å². The van der Waals surface area contributed by atoms with Gasteiger partial charge in [0.05, 0.1) is 11.5 Å². The van der Waals surface area contributed by atoms with Crippen LogP contribution in [0.1, 0.15) is 75.5 Å². The van der Waals surface area contributed by atoms with Crippen molar-refractivity contribution < 1.29 is 34.1 Å². The van der Waals surface area contributed by atoms with Gasteiger partial charge in [0.1, 0.15) is 0 Å². The predicted molar refractivity (Wildman–Crippen MR) is 152 cm³/mol. The van der Waals surface area contributed by atoms with Crippen LogP contribution >= 0.6 is 0 Å². The number of ether oxygens (including phenoxy) is 2. The standard InChI is InChI=1S/C33H36O7/c1-4-5-6-10-15-24-19-26-25(20-28(39-21(2)34)31(37)32(26)40-22(3)35)29(24)30-27(36)16-18-33(30,38)17-11-14-23-12-8-7-9-13-23/h7-10,12-13,15-16,18-20,29-30,37-38H,4-6,11,14,17H2,1-3H3. The first kappa shape index (κ1) is 29.0. The number of ketones is 1. The van der Waals surface area contributed by atoms with Crippen molar-refractivity contribution in [2.24, 2.45) is 5.92 Å². The summed E-state index contributed by atoms with van der Waals surface area (Å²) in [5, 5.41) is 22.8. The van der Waals surface area contributed by atoms with Gasteiger partial charge in [-0.1, -0.05) is 62.2 Å². The molecule has 0 radical (unpaired) electrons. The number of benzene rings is 2. The Kier molecular flexibility index (Phi) is 9.05. The third-order valence-electron chi connectivity index (χ3n) is 7.43. The molecule has 3 atom stereocenters. The summed E-state index contributed by atoms with van der Waals surface area (Å²) in [7, 11) is 0. The molecule has 3 unspecified atom stereocenters. The van der Waals surface area contributed by atoms with Crippen LogP contribution in [-0.4, -0.2) is 33.5 Å². The number of esters is 2. The molecule has 2 aliphatic rings. The lowest BCUT2D eigenvalue weighted by atomic mass is 9.72. The van der Waals surface area contributed by atoms with Gasteiger partial charge in [-0.05, 0) is 66.7 Å². The van der Waals surface area contributed by atoms with Crippen LogP contribution in [0, 0.1) is 5.92 Å². The maximum absolute atomic E-state index is 13.4. The van der Waals surface area contributed by atoms with Crippen LogP contribution < -0.4 is 9.47 Å². The summed E-state index contributed by atoms with van der Waals surface area (Å²) >= 11 is 0. The minimum atomic E-state index is -1.42. The first-order chi connectivity index (χ1) is 19.1. The van der Waals surface area contributed by atoms with E-state index in [2.05, 4.69) is 6.92 Å². The highest BCUT2D eigenvalue weighted by atomic mass is 16.6. The zero-order valence-corrected chi connectivity index (χ0v) is 23.2. The molecular weight excluding hydrogens is 508 g/mol. The number of carbonyl (C=O) groups excluding carboxylic acids is 3. The van der Waals surface area contributed by atoms with E-state index in [9.17, 15) is 24.6 Å². The van der Waals surface area contributed by atoms with Gasteiger partial charge in [0.25, 0.3) is 0 Å². The smallest absolute Gasteiger partial charge is 0.308 e. The van der Waals surface area contributed by atoms with Gasteiger partial charge >= 0.3 is 11.9 Å². The van der Waals surface area contributed by atoms with Crippen LogP contribution in [0.3, 0.4) is 0 Å². The minimum Gasteiger partial charge on any atom is -0.502 e. The van der Waals surface area contributed by atoms with Crippen molar-refractivity contribution >= 4 is 23.8 Å². The van der Waals surface area contributed by atoms with Crippen molar-refractivity contribution in [1.29, 1.82) is 0 Å². The van der Waals surface area contributed by atoms with Crippen LogP contribution in [0.25, 0.3) is 6.08 Å². The van der Waals surface area contributed by atoms with E-state index in [4.69, 9.17) is 9.47 Å². The molecule has 0 spiro atoms. The van der Waals surface area contributed by atoms with Gasteiger partial charge in [-0.25, -0.2) is 0 Å². The van der Waals surface area contributed by atoms with Crippen LogP contribution in [0.15, 0.2) is 66.3 Å². The van der Waals surface area contributed by atoms with Gasteiger partial charge in [-0.2, -0.15) is 0 Å². The van der Waals surface area contributed by atoms with E-state index in [0.717, 1.165) is 36.8 Å². The Morgan fingerprint density at radius 2 is 1.80 bits per heavy atom. The molecule has 2 aromatic rings. The van der Waals surface area contributed by atoms with Crippen LogP contribution in [0.5, 0.6) is 17.2 Å². The second kappa shape index (κ2) is 12.5. The number of hydrogen-bond acceptors (Lipinski definition) is 7. The van der Waals surface area contributed by atoms with E-state index in [1.807, 2.05) is 42.5 Å². The van der Waals surface area contributed by atoms with Crippen molar-refractivity contribution in [2.45, 2.75) is 70.8 Å². The first-order valence-electron chi connectivity index (χ1n) is 13.8. The Labute approximate surface area is 234 Å². The fraction of sp³-hybridized carbons (Fsp3) is 0.364. The fourth-order valence-corrected chi connectivity index (χ4v) is 5.64. The fourth-order valence-electron chi connectivity index (χ4n) is 5.64. The number of rotatable bonds is 11. The summed E-state index contributed by atoms with van der Waals surface area (Å²) in [6, 6.07) is 11.5. The van der Waals surface area contributed by atoms with E-state index in [1.54, 1.807) is 12.2 Å². The van der Waals surface area contributed by atoms with E-state index in [-0.39, 0.29) is 17.3 Å². The molecule has 0 bridgehead atoms. The average Bonchev–Trinajstić information content (AvgIpc) is 3.40. The Morgan fingerprint density at radius 1 is 1.07 bits per heavy atom. The number of hydrogen-bond donors (Lipinski definition) is 2. The second-order valence-corrected chi connectivity index (χ2v) is 10.5. The SMILES string of the molecule is CCCCC=CC1=Cc2c(cc(OC(C)=O)c(O)c2OC(C)=O)C1C1C(=O)C=CC1(O)CCCc1ccccc1. The maximum atomic E-state index is 13.4. The van der Waals surface area contributed by atoms with E-state index in [0.29, 0.717) is 24.0 Å². The van der Waals surface area contributed by atoms with Crippen molar-refractivity contribution in [3.05, 3.63) is 83.0 Å². The zero-order valence-electron chi connectivity index (χ0n) is 23.2. The quantitative estimate of drug-likeness (QED) is 0.203. The summed E-state index contributed by atoms with van der Waals surface area (Å²) in [5.74, 6) is -3.83. The Bertz CT molecular complexity index is 1370. The number of aliphatic hydroxyl groups is 1. The highest BCUT2D eigenvalue weighted by Gasteiger charge is 2.50. The zero-order chi connectivity index (χ0) is 28.9. The number of unbranched alkanes of at least 4 members (excludes halogenated alkanes) is 2. The van der Waals surface area contributed by atoms with Gasteiger partial charge in [0.15, 0.2) is 17.3 Å². The number of phenols is 1. The highest BCUT2D eigenvalue weighted by Crippen LogP contribution is 2.55. The molecule has 4 rings (SSSR count). The number of fused-ring (bicyclic) bond motifs is 1. The van der Waals surface area contributed by atoms with Gasteiger partial charge in [0.2, 0.25) is 5.75 Å². The second-order valence-electron chi connectivity index (χ2n) is 10.5. The molecule has 2 aliphatic carbocycles. The van der Waals surface area contributed by atoms with E-state index in [1.165, 1.54) is 26.0 Å².